The van der Waals surface area contributed by atoms with Gasteiger partial charge in [-0.2, -0.15) is 11.3 Å². The second-order valence-corrected chi connectivity index (χ2v) is 7.25. The molecule has 0 saturated heterocycles. The van der Waals surface area contributed by atoms with Gasteiger partial charge >= 0.3 is 6.03 Å². The van der Waals surface area contributed by atoms with Crippen LogP contribution in [-0.2, 0) is 12.8 Å². The molecule has 2 amide bonds. The number of nitrogens with one attached hydrogen (secondary N) is 3. The highest BCUT2D eigenvalue weighted by Gasteiger charge is 2.15. The highest BCUT2D eigenvalue weighted by atomic mass is 32.1. The third kappa shape index (κ3) is 6.72. The van der Waals surface area contributed by atoms with Gasteiger partial charge in [-0.25, -0.2) is 4.79 Å². The lowest BCUT2D eigenvalue weighted by Crippen LogP contribution is -2.47. The first-order valence-corrected chi connectivity index (χ1v) is 9.28. The van der Waals surface area contributed by atoms with Crippen molar-refractivity contribution in [2.75, 3.05) is 20.6 Å². The number of aromatic amines is 1. The van der Waals surface area contributed by atoms with E-state index in [0.717, 1.165) is 18.4 Å². The summed E-state index contributed by atoms with van der Waals surface area (Å²) in [6, 6.07) is 5.48. The molecule has 25 heavy (non-hydrogen) atoms. The van der Waals surface area contributed by atoms with Gasteiger partial charge in [-0.1, -0.05) is 6.07 Å². The topological polar surface area (TPSA) is 77.2 Å². The van der Waals surface area contributed by atoms with Crippen LogP contribution in [0.25, 0.3) is 0 Å². The third-order valence-electron chi connectivity index (χ3n) is 4.05. The van der Waals surface area contributed by atoms with Crippen LogP contribution in [0.1, 0.15) is 18.1 Å². The molecule has 0 radical (unpaired) electrons. The largest absolute Gasteiger partial charge is 0.337 e. The fourth-order valence-electron chi connectivity index (χ4n) is 2.58. The van der Waals surface area contributed by atoms with E-state index in [1.807, 2.05) is 32.5 Å². The Labute approximate surface area is 152 Å². The van der Waals surface area contributed by atoms with Crippen LogP contribution in [0.15, 0.2) is 40.0 Å². The number of hydrogen-bond acceptors (Lipinski definition) is 4. The Morgan fingerprint density at radius 2 is 2.04 bits per heavy atom. The van der Waals surface area contributed by atoms with E-state index in [0.29, 0.717) is 6.54 Å². The van der Waals surface area contributed by atoms with Crippen molar-refractivity contribution in [2.24, 2.45) is 0 Å². The van der Waals surface area contributed by atoms with Gasteiger partial charge in [0.2, 0.25) is 5.56 Å². The second kappa shape index (κ2) is 9.39. The van der Waals surface area contributed by atoms with Crippen LogP contribution in [-0.4, -0.2) is 48.6 Å². The van der Waals surface area contributed by atoms with Gasteiger partial charge in [-0.3, -0.25) is 4.79 Å². The Kier molecular flexibility index (Phi) is 7.21. The molecular formula is C18H26N4O2S. The van der Waals surface area contributed by atoms with Gasteiger partial charge in [0.15, 0.2) is 0 Å². The summed E-state index contributed by atoms with van der Waals surface area (Å²) in [5.74, 6) is 0. The Bertz CT molecular complexity index is 692. The molecule has 0 saturated carbocycles. The van der Waals surface area contributed by atoms with Gasteiger partial charge in [-0.05, 0) is 61.8 Å². The zero-order chi connectivity index (χ0) is 18.2. The molecule has 2 rings (SSSR count). The first kappa shape index (κ1) is 19.2. The van der Waals surface area contributed by atoms with Crippen molar-refractivity contribution < 1.29 is 4.79 Å². The van der Waals surface area contributed by atoms with Crippen LogP contribution < -0.4 is 16.2 Å². The zero-order valence-corrected chi connectivity index (χ0v) is 15.7. The molecule has 0 spiro atoms. The number of nitrogens with zero attached hydrogens (tertiary/aromatic N) is 1. The van der Waals surface area contributed by atoms with Gasteiger partial charge in [0.1, 0.15) is 0 Å². The first-order chi connectivity index (χ1) is 11.9. The number of H-pyrrole nitrogens is 1. The van der Waals surface area contributed by atoms with Crippen molar-refractivity contribution in [1.82, 2.24) is 20.5 Å². The van der Waals surface area contributed by atoms with Gasteiger partial charge in [0.05, 0.1) is 0 Å². The summed E-state index contributed by atoms with van der Waals surface area (Å²) in [5, 5.41) is 10.1. The van der Waals surface area contributed by atoms with Crippen molar-refractivity contribution in [1.29, 1.82) is 0 Å². The average Bonchev–Trinajstić information content (AvgIpc) is 3.05. The Balaban J connectivity index is 1.80. The van der Waals surface area contributed by atoms with E-state index in [2.05, 4.69) is 32.0 Å². The molecule has 2 aromatic rings. The molecule has 3 N–H and O–H groups in total. The molecule has 2 atom stereocenters. The Morgan fingerprint density at radius 3 is 2.64 bits per heavy atom. The maximum atomic E-state index is 12.1. The van der Waals surface area contributed by atoms with Crippen molar-refractivity contribution in [3.8, 4) is 0 Å². The van der Waals surface area contributed by atoms with E-state index in [4.69, 9.17) is 0 Å². The predicted molar refractivity (Wildman–Crippen MR) is 102 cm³/mol. The monoisotopic (exact) mass is 362 g/mol. The van der Waals surface area contributed by atoms with Crippen LogP contribution in [0.3, 0.4) is 0 Å². The normalized spacial score (nSPS) is 13.4. The predicted octanol–water partition coefficient (Wildman–Crippen LogP) is 1.84. The second-order valence-electron chi connectivity index (χ2n) is 6.47. The molecule has 1 unspecified atom stereocenters. The quantitative estimate of drug-likeness (QED) is 0.671. The summed E-state index contributed by atoms with van der Waals surface area (Å²) in [4.78, 5) is 28.0. The van der Waals surface area contributed by atoms with Crippen molar-refractivity contribution in [3.05, 3.63) is 56.6 Å². The average molecular weight is 362 g/mol. The minimum atomic E-state index is -0.156. The molecule has 7 heteroatoms. The van der Waals surface area contributed by atoms with E-state index in [-0.39, 0.29) is 23.7 Å². The molecule has 0 aliphatic carbocycles. The van der Waals surface area contributed by atoms with Crippen molar-refractivity contribution in [2.45, 2.75) is 31.8 Å². The van der Waals surface area contributed by atoms with Crippen LogP contribution in [0.4, 0.5) is 4.79 Å². The number of hydrogen-bond donors (Lipinski definition) is 3. The van der Waals surface area contributed by atoms with Gasteiger partial charge in [-0.15, -0.1) is 0 Å². The third-order valence-corrected chi connectivity index (χ3v) is 4.78. The number of amides is 2. The van der Waals surface area contributed by atoms with Crippen LogP contribution >= 0.6 is 11.3 Å². The Morgan fingerprint density at radius 1 is 1.24 bits per heavy atom. The van der Waals surface area contributed by atoms with Crippen molar-refractivity contribution in [3.63, 3.8) is 0 Å². The Hall–Kier alpha value is -2.12. The molecule has 6 nitrogen and oxygen atoms in total. The summed E-state index contributed by atoms with van der Waals surface area (Å²) in [6.07, 6.45) is 3.29. The molecule has 2 aromatic heterocycles. The number of likely N-dealkylation sites (N-methyl/N-ethyl adjacent to an activating group) is 1. The fraction of sp³-hybridized carbons (Fsp3) is 0.444. The van der Waals surface area contributed by atoms with Crippen LogP contribution in [0.2, 0.25) is 0 Å². The molecule has 0 aliphatic heterocycles. The summed E-state index contributed by atoms with van der Waals surface area (Å²) in [5.41, 5.74) is 2.16. The number of pyridine rings is 1. The maximum absolute atomic E-state index is 12.1. The number of rotatable bonds is 8. The van der Waals surface area contributed by atoms with Gasteiger partial charge in [0, 0.05) is 30.9 Å². The van der Waals surface area contributed by atoms with Crippen LogP contribution in [0.5, 0.6) is 0 Å². The van der Waals surface area contributed by atoms with Gasteiger partial charge < -0.3 is 20.5 Å². The smallest absolute Gasteiger partial charge is 0.315 e. The number of carbonyl (C=O) groups is 1. The van der Waals surface area contributed by atoms with E-state index in [1.165, 1.54) is 11.6 Å². The molecule has 0 aromatic carbocycles. The number of thiophene rings is 1. The summed E-state index contributed by atoms with van der Waals surface area (Å²) in [6.45, 7) is 2.53. The fourth-order valence-corrected chi connectivity index (χ4v) is 3.26. The molecule has 0 bridgehead atoms. The lowest BCUT2D eigenvalue weighted by atomic mass is 10.1. The number of aromatic nitrogens is 1. The lowest BCUT2D eigenvalue weighted by molar-refractivity contribution is 0.229. The molecule has 0 fully saturated rings. The standard InChI is InChI=1S/C18H26N4O2S/c1-13(8-15-6-7-25-12-15)21-18(24)20-11-16(22(2)3)9-14-4-5-17(23)19-10-14/h4-7,10,12-13,16H,8-9,11H2,1-3H3,(H,19,23)(H2,20,21,24)/t13-,16?/m0/s1. The highest BCUT2D eigenvalue weighted by Crippen LogP contribution is 2.08. The number of urea groups is 1. The maximum Gasteiger partial charge on any atom is 0.315 e. The lowest BCUT2D eigenvalue weighted by Gasteiger charge is -2.25. The molecule has 2 heterocycles. The van der Waals surface area contributed by atoms with Crippen molar-refractivity contribution >= 4 is 17.4 Å². The molecule has 136 valence electrons. The zero-order valence-electron chi connectivity index (χ0n) is 14.9. The van der Waals surface area contributed by atoms with E-state index >= 15 is 0 Å². The summed E-state index contributed by atoms with van der Waals surface area (Å²) in [7, 11) is 3.96. The van der Waals surface area contributed by atoms with E-state index in [9.17, 15) is 9.59 Å². The summed E-state index contributed by atoms with van der Waals surface area (Å²) >= 11 is 1.66. The van der Waals surface area contributed by atoms with Crippen LogP contribution in [0, 0.1) is 0 Å². The minimum absolute atomic E-state index is 0.0756. The number of carbonyl (C=O) groups excluding carboxylic acids is 1. The molecular weight excluding hydrogens is 336 g/mol. The highest BCUT2D eigenvalue weighted by molar-refractivity contribution is 7.07. The van der Waals surface area contributed by atoms with E-state index in [1.54, 1.807) is 17.5 Å². The molecule has 0 aliphatic rings. The van der Waals surface area contributed by atoms with E-state index < -0.39 is 0 Å². The first-order valence-electron chi connectivity index (χ1n) is 8.33. The van der Waals surface area contributed by atoms with Gasteiger partial charge in [0.25, 0.3) is 0 Å². The minimum Gasteiger partial charge on any atom is -0.337 e. The SMILES string of the molecule is C[C@@H](Cc1ccsc1)NC(=O)NCC(Cc1ccc(=O)[nH]c1)N(C)C. The summed E-state index contributed by atoms with van der Waals surface area (Å²) < 4.78 is 0.